The van der Waals surface area contributed by atoms with Crippen molar-refractivity contribution >= 4 is 15.9 Å². The van der Waals surface area contributed by atoms with E-state index < -0.39 is 0 Å². The summed E-state index contributed by atoms with van der Waals surface area (Å²) in [5, 5.41) is 5.24. The Bertz CT molecular complexity index is 307. The summed E-state index contributed by atoms with van der Waals surface area (Å²) in [6, 6.07) is 0. The van der Waals surface area contributed by atoms with Crippen molar-refractivity contribution in [3.63, 3.8) is 0 Å². The lowest BCUT2D eigenvalue weighted by molar-refractivity contribution is 0.173. The van der Waals surface area contributed by atoms with Gasteiger partial charge in [-0.2, -0.15) is 5.10 Å². The molecule has 0 saturated heterocycles. The van der Waals surface area contributed by atoms with Gasteiger partial charge in [0.05, 0.1) is 6.20 Å². The fraction of sp³-hybridized carbons (Fsp3) is 0.727. The minimum Gasteiger partial charge on any atom is -0.296 e. The quantitative estimate of drug-likeness (QED) is 0.769. The Morgan fingerprint density at radius 3 is 2.67 bits per heavy atom. The SMILES string of the molecule is CCn1cc(CN(C)C(C)(C)CBr)cn1. The summed E-state index contributed by atoms with van der Waals surface area (Å²) in [5.74, 6) is 0. The summed E-state index contributed by atoms with van der Waals surface area (Å²) < 4.78 is 1.96. The number of nitrogens with zero attached hydrogens (tertiary/aromatic N) is 3. The molecule has 1 heterocycles. The Labute approximate surface area is 101 Å². The Morgan fingerprint density at radius 2 is 2.20 bits per heavy atom. The Balaban J connectivity index is 2.61. The van der Waals surface area contributed by atoms with Crippen molar-refractivity contribution in [3.8, 4) is 0 Å². The van der Waals surface area contributed by atoms with E-state index in [0.717, 1.165) is 18.4 Å². The normalized spacial score (nSPS) is 12.4. The minimum atomic E-state index is 0.175. The van der Waals surface area contributed by atoms with Crippen LogP contribution in [-0.2, 0) is 13.1 Å². The van der Waals surface area contributed by atoms with Crippen LogP contribution >= 0.6 is 15.9 Å². The first kappa shape index (κ1) is 12.7. The highest BCUT2D eigenvalue weighted by Crippen LogP contribution is 2.17. The van der Waals surface area contributed by atoms with Crippen LogP contribution < -0.4 is 0 Å². The molecule has 0 unspecified atom stereocenters. The highest BCUT2D eigenvalue weighted by molar-refractivity contribution is 9.09. The predicted molar refractivity (Wildman–Crippen MR) is 67.2 cm³/mol. The van der Waals surface area contributed by atoms with Crippen LogP contribution in [0.2, 0.25) is 0 Å². The molecular formula is C11H20BrN3. The average molecular weight is 274 g/mol. The molecular weight excluding hydrogens is 254 g/mol. The van der Waals surface area contributed by atoms with Crippen LogP contribution in [0.25, 0.3) is 0 Å². The van der Waals surface area contributed by atoms with Crippen LogP contribution in [0.3, 0.4) is 0 Å². The summed E-state index contributed by atoms with van der Waals surface area (Å²) >= 11 is 3.54. The molecule has 0 saturated carbocycles. The third-order valence-corrected chi connectivity index (χ3v) is 4.16. The van der Waals surface area contributed by atoms with Gasteiger partial charge in [0.1, 0.15) is 0 Å². The summed E-state index contributed by atoms with van der Waals surface area (Å²) in [6.45, 7) is 8.44. The van der Waals surface area contributed by atoms with Gasteiger partial charge in [-0.05, 0) is 27.8 Å². The fourth-order valence-electron chi connectivity index (χ4n) is 1.25. The molecule has 0 atom stereocenters. The first-order chi connectivity index (χ1) is 6.99. The van der Waals surface area contributed by atoms with Crippen molar-refractivity contribution in [2.75, 3.05) is 12.4 Å². The van der Waals surface area contributed by atoms with E-state index in [4.69, 9.17) is 0 Å². The summed E-state index contributed by atoms with van der Waals surface area (Å²) in [4.78, 5) is 2.33. The van der Waals surface area contributed by atoms with Gasteiger partial charge in [0.25, 0.3) is 0 Å². The van der Waals surface area contributed by atoms with E-state index in [1.54, 1.807) is 0 Å². The van der Waals surface area contributed by atoms with Gasteiger partial charge in [-0.15, -0.1) is 0 Å². The topological polar surface area (TPSA) is 21.1 Å². The maximum Gasteiger partial charge on any atom is 0.0534 e. The second-order valence-electron chi connectivity index (χ2n) is 4.51. The van der Waals surface area contributed by atoms with E-state index in [-0.39, 0.29) is 5.54 Å². The van der Waals surface area contributed by atoms with E-state index in [1.165, 1.54) is 5.56 Å². The zero-order valence-electron chi connectivity index (χ0n) is 10.00. The molecule has 1 aromatic heterocycles. The van der Waals surface area contributed by atoms with E-state index in [9.17, 15) is 0 Å². The highest BCUT2D eigenvalue weighted by Gasteiger charge is 2.22. The molecule has 0 aliphatic carbocycles. The monoisotopic (exact) mass is 273 g/mol. The number of hydrogen-bond donors (Lipinski definition) is 0. The first-order valence-corrected chi connectivity index (χ1v) is 6.40. The van der Waals surface area contributed by atoms with E-state index in [1.807, 2.05) is 10.9 Å². The van der Waals surface area contributed by atoms with E-state index in [0.29, 0.717) is 0 Å². The highest BCUT2D eigenvalue weighted by atomic mass is 79.9. The molecule has 86 valence electrons. The van der Waals surface area contributed by atoms with Crippen molar-refractivity contribution < 1.29 is 0 Å². The zero-order chi connectivity index (χ0) is 11.5. The Morgan fingerprint density at radius 1 is 1.53 bits per heavy atom. The van der Waals surface area contributed by atoms with Gasteiger partial charge in [0, 0.05) is 35.7 Å². The van der Waals surface area contributed by atoms with Crippen molar-refractivity contribution in [2.45, 2.75) is 39.4 Å². The number of hydrogen-bond acceptors (Lipinski definition) is 2. The van der Waals surface area contributed by atoms with Gasteiger partial charge in [-0.25, -0.2) is 0 Å². The van der Waals surface area contributed by atoms with Crippen LogP contribution in [0.5, 0.6) is 0 Å². The number of rotatable bonds is 5. The summed E-state index contributed by atoms with van der Waals surface area (Å²) in [6.07, 6.45) is 4.06. The van der Waals surface area contributed by atoms with Gasteiger partial charge in [0.2, 0.25) is 0 Å². The Hall–Kier alpha value is -0.350. The van der Waals surface area contributed by atoms with Crippen molar-refractivity contribution in [3.05, 3.63) is 18.0 Å². The molecule has 0 bridgehead atoms. The predicted octanol–water partition coefficient (Wildman–Crippen LogP) is 2.51. The van der Waals surface area contributed by atoms with Crippen LogP contribution in [0, 0.1) is 0 Å². The van der Waals surface area contributed by atoms with Gasteiger partial charge < -0.3 is 0 Å². The molecule has 0 radical (unpaired) electrons. The molecule has 0 fully saturated rings. The molecule has 1 rings (SSSR count). The molecule has 0 aliphatic rings. The number of alkyl halides is 1. The van der Waals surface area contributed by atoms with Gasteiger partial charge in [-0.1, -0.05) is 15.9 Å². The average Bonchev–Trinajstić information content (AvgIpc) is 2.65. The van der Waals surface area contributed by atoms with Crippen molar-refractivity contribution in [1.29, 1.82) is 0 Å². The van der Waals surface area contributed by atoms with Gasteiger partial charge >= 0.3 is 0 Å². The maximum absolute atomic E-state index is 4.27. The first-order valence-electron chi connectivity index (χ1n) is 5.28. The van der Waals surface area contributed by atoms with Crippen LogP contribution in [0.1, 0.15) is 26.3 Å². The molecule has 3 nitrogen and oxygen atoms in total. The molecule has 0 aliphatic heterocycles. The molecule has 15 heavy (non-hydrogen) atoms. The van der Waals surface area contributed by atoms with Gasteiger partial charge in [-0.3, -0.25) is 9.58 Å². The molecule has 0 aromatic carbocycles. The number of halogens is 1. The zero-order valence-corrected chi connectivity index (χ0v) is 11.6. The third-order valence-electron chi connectivity index (χ3n) is 2.79. The second-order valence-corrected chi connectivity index (χ2v) is 5.07. The number of aromatic nitrogens is 2. The lowest BCUT2D eigenvalue weighted by atomic mass is 10.1. The largest absolute Gasteiger partial charge is 0.296 e. The standard InChI is InChI=1S/C11H20BrN3/c1-5-15-8-10(6-13-15)7-14(4)11(2,3)9-12/h6,8H,5,7,9H2,1-4H3. The van der Waals surface area contributed by atoms with Crippen LogP contribution in [-0.4, -0.2) is 32.6 Å². The third kappa shape index (κ3) is 3.31. The fourth-order valence-corrected chi connectivity index (χ4v) is 1.68. The van der Waals surface area contributed by atoms with Crippen molar-refractivity contribution in [1.82, 2.24) is 14.7 Å². The molecule has 0 spiro atoms. The lowest BCUT2D eigenvalue weighted by Crippen LogP contribution is -2.41. The minimum absolute atomic E-state index is 0.175. The van der Waals surface area contributed by atoms with E-state index in [2.05, 4.69) is 59.9 Å². The van der Waals surface area contributed by atoms with Crippen molar-refractivity contribution in [2.24, 2.45) is 0 Å². The Kier molecular flexibility index (Phi) is 4.34. The maximum atomic E-state index is 4.27. The molecule has 0 N–H and O–H groups in total. The lowest BCUT2D eigenvalue weighted by Gasteiger charge is -2.33. The second kappa shape index (κ2) is 5.12. The van der Waals surface area contributed by atoms with E-state index >= 15 is 0 Å². The number of aryl methyl sites for hydroxylation is 1. The van der Waals surface area contributed by atoms with Crippen LogP contribution in [0.15, 0.2) is 12.4 Å². The van der Waals surface area contributed by atoms with Gasteiger partial charge in [0.15, 0.2) is 0 Å². The summed E-state index contributed by atoms with van der Waals surface area (Å²) in [5.41, 5.74) is 1.45. The molecule has 4 heteroatoms. The molecule has 1 aromatic rings. The molecule has 0 amide bonds. The van der Waals surface area contributed by atoms with Crippen LogP contribution in [0.4, 0.5) is 0 Å². The smallest absolute Gasteiger partial charge is 0.0534 e. The summed E-state index contributed by atoms with van der Waals surface area (Å²) in [7, 11) is 2.14.